The van der Waals surface area contributed by atoms with E-state index >= 15 is 0 Å². The molecule has 6 heteroatoms. The predicted octanol–water partition coefficient (Wildman–Crippen LogP) is 1.85. The van der Waals surface area contributed by atoms with Gasteiger partial charge in [0, 0.05) is 24.6 Å². The van der Waals surface area contributed by atoms with Crippen molar-refractivity contribution in [2.45, 2.75) is 25.7 Å². The third-order valence-electron chi connectivity index (χ3n) is 3.33. The zero-order valence-corrected chi connectivity index (χ0v) is 11.9. The minimum Gasteiger partial charge on any atom is -0.481 e. The highest BCUT2D eigenvalue weighted by Crippen LogP contribution is 2.43. The topological polar surface area (TPSA) is 78.4 Å². The van der Waals surface area contributed by atoms with Crippen molar-refractivity contribution in [3.05, 3.63) is 12.7 Å². The number of carbonyl (C=O) groups is 2. The van der Waals surface area contributed by atoms with Crippen LogP contribution in [0.15, 0.2) is 12.7 Å². The number of aliphatic carboxylic acids is 1. The average Bonchev–Trinajstić information content (AvgIpc) is 2.31. The van der Waals surface area contributed by atoms with Crippen molar-refractivity contribution in [1.82, 2.24) is 10.6 Å². The van der Waals surface area contributed by atoms with Crippen molar-refractivity contribution in [2.75, 3.05) is 24.6 Å². The number of carbonyl (C=O) groups excluding carboxylic acids is 1. The zero-order valence-electron chi connectivity index (χ0n) is 11.1. The van der Waals surface area contributed by atoms with Crippen molar-refractivity contribution < 1.29 is 14.7 Å². The fourth-order valence-electron chi connectivity index (χ4n) is 2.15. The summed E-state index contributed by atoms with van der Waals surface area (Å²) < 4.78 is 0. The van der Waals surface area contributed by atoms with E-state index in [0.29, 0.717) is 13.1 Å². The summed E-state index contributed by atoms with van der Waals surface area (Å²) in [6.07, 6.45) is 4.79. The monoisotopic (exact) mass is 286 g/mol. The molecule has 0 atom stereocenters. The summed E-state index contributed by atoms with van der Waals surface area (Å²) in [4.78, 5) is 22.3. The Kier molecular flexibility index (Phi) is 6.77. The van der Waals surface area contributed by atoms with Gasteiger partial charge in [0.2, 0.25) is 0 Å². The van der Waals surface area contributed by atoms with Crippen molar-refractivity contribution in [1.29, 1.82) is 0 Å². The Morgan fingerprint density at radius 2 is 2.11 bits per heavy atom. The lowest BCUT2D eigenvalue weighted by molar-refractivity contribution is -0.141. The van der Waals surface area contributed by atoms with Gasteiger partial charge in [0.05, 0.1) is 6.42 Å². The lowest BCUT2D eigenvalue weighted by Crippen LogP contribution is -2.46. The van der Waals surface area contributed by atoms with Gasteiger partial charge in [0.1, 0.15) is 0 Å². The Labute approximate surface area is 118 Å². The zero-order chi connectivity index (χ0) is 14.1. The second kappa shape index (κ2) is 8.09. The largest absolute Gasteiger partial charge is 0.481 e. The van der Waals surface area contributed by atoms with Crippen LogP contribution in [0.25, 0.3) is 0 Å². The van der Waals surface area contributed by atoms with Gasteiger partial charge >= 0.3 is 12.0 Å². The second-order valence-electron chi connectivity index (χ2n) is 4.90. The molecule has 0 spiro atoms. The fourth-order valence-corrected chi connectivity index (χ4v) is 2.73. The van der Waals surface area contributed by atoms with E-state index < -0.39 is 5.97 Å². The Bertz CT molecular complexity index is 330. The average molecular weight is 286 g/mol. The maximum Gasteiger partial charge on any atom is 0.314 e. The third-order valence-corrected chi connectivity index (χ3v) is 4.30. The van der Waals surface area contributed by atoms with E-state index in [1.54, 1.807) is 11.8 Å². The second-order valence-corrected chi connectivity index (χ2v) is 6.05. The minimum atomic E-state index is -0.789. The van der Waals surface area contributed by atoms with Crippen molar-refractivity contribution >= 4 is 23.8 Å². The Morgan fingerprint density at radius 1 is 1.37 bits per heavy atom. The van der Waals surface area contributed by atoms with Crippen LogP contribution < -0.4 is 10.6 Å². The van der Waals surface area contributed by atoms with Crippen LogP contribution in [-0.4, -0.2) is 41.7 Å². The molecule has 0 aromatic carbocycles. The summed E-state index contributed by atoms with van der Waals surface area (Å²) in [7, 11) is 0. The molecule has 1 saturated carbocycles. The summed E-state index contributed by atoms with van der Waals surface area (Å²) in [6, 6.07) is -0.212. The van der Waals surface area contributed by atoms with E-state index in [1.807, 2.05) is 6.08 Å². The fraction of sp³-hybridized carbons (Fsp3) is 0.692. The molecule has 1 rings (SSSR count). The molecule has 0 saturated heterocycles. The molecule has 0 aromatic heterocycles. The first-order valence-corrected chi connectivity index (χ1v) is 7.66. The molecule has 0 unspecified atom stereocenters. The van der Waals surface area contributed by atoms with E-state index in [1.165, 1.54) is 0 Å². The van der Waals surface area contributed by atoms with Crippen LogP contribution >= 0.6 is 11.8 Å². The van der Waals surface area contributed by atoms with Gasteiger partial charge in [0.15, 0.2) is 0 Å². The SMILES string of the molecule is C=CCSCCNC(=O)NCC1(CC(=O)O)CCC1. The normalized spacial score (nSPS) is 16.2. The number of urea groups is 1. The molecule has 0 heterocycles. The molecule has 5 nitrogen and oxygen atoms in total. The smallest absolute Gasteiger partial charge is 0.314 e. The van der Waals surface area contributed by atoms with Gasteiger partial charge < -0.3 is 15.7 Å². The van der Waals surface area contributed by atoms with E-state index in [-0.39, 0.29) is 17.9 Å². The number of carboxylic acids is 1. The van der Waals surface area contributed by atoms with Crippen LogP contribution in [0.5, 0.6) is 0 Å². The van der Waals surface area contributed by atoms with Crippen LogP contribution in [0.2, 0.25) is 0 Å². The number of hydrogen-bond donors (Lipinski definition) is 3. The lowest BCUT2D eigenvalue weighted by Gasteiger charge is -2.40. The first-order chi connectivity index (χ1) is 9.08. The van der Waals surface area contributed by atoms with Crippen LogP contribution in [0.3, 0.4) is 0 Å². The third kappa shape index (κ3) is 6.00. The molecular formula is C13H22N2O3S. The van der Waals surface area contributed by atoms with Crippen molar-refractivity contribution in [3.63, 3.8) is 0 Å². The predicted molar refractivity (Wildman–Crippen MR) is 77.5 cm³/mol. The molecule has 3 N–H and O–H groups in total. The van der Waals surface area contributed by atoms with Gasteiger partial charge in [0.25, 0.3) is 0 Å². The summed E-state index contributed by atoms with van der Waals surface area (Å²) in [5.41, 5.74) is -0.221. The van der Waals surface area contributed by atoms with Crippen molar-refractivity contribution in [2.24, 2.45) is 5.41 Å². The van der Waals surface area contributed by atoms with Crippen LogP contribution in [-0.2, 0) is 4.79 Å². The van der Waals surface area contributed by atoms with Crippen LogP contribution in [0.1, 0.15) is 25.7 Å². The molecule has 1 aliphatic carbocycles. The summed E-state index contributed by atoms with van der Waals surface area (Å²) >= 11 is 1.70. The molecule has 108 valence electrons. The highest BCUT2D eigenvalue weighted by atomic mass is 32.2. The van der Waals surface area contributed by atoms with Crippen molar-refractivity contribution in [3.8, 4) is 0 Å². The van der Waals surface area contributed by atoms with Crippen LogP contribution in [0, 0.1) is 5.41 Å². The van der Waals surface area contributed by atoms with Gasteiger partial charge in [-0.25, -0.2) is 4.79 Å². The molecular weight excluding hydrogens is 264 g/mol. The molecule has 1 fully saturated rings. The summed E-state index contributed by atoms with van der Waals surface area (Å²) in [5, 5.41) is 14.4. The van der Waals surface area contributed by atoms with Gasteiger partial charge in [-0.15, -0.1) is 6.58 Å². The number of amides is 2. The Hall–Kier alpha value is -1.17. The number of hydrogen-bond acceptors (Lipinski definition) is 3. The van der Waals surface area contributed by atoms with E-state index in [2.05, 4.69) is 17.2 Å². The first kappa shape index (κ1) is 15.9. The molecule has 0 aromatic rings. The Morgan fingerprint density at radius 3 is 2.63 bits per heavy atom. The van der Waals surface area contributed by atoms with E-state index in [4.69, 9.17) is 5.11 Å². The first-order valence-electron chi connectivity index (χ1n) is 6.50. The molecule has 1 aliphatic rings. The summed E-state index contributed by atoms with van der Waals surface area (Å²) in [5.74, 6) is 0.938. The van der Waals surface area contributed by atoms with Gasteiger partial charge in [-0.05, 0) is 18.3 Å². The maximum absolute atomic E-state index is 11.5. The molecule has 19 heavy (non-hydrogen) atoms. The number of nitrogens with one attached hydrogen (secondary N) is 2. The van der Waals surface area contributed by atoms with Crippen LogP contribution in [0.4, 0.5) is 4.79 Å². The standard InChI is InChI=1S/C13H22N2O3S/c1-2-7-19-8-6-14-12(18)15-10-13(4-3-5-13)9-11(16)17/h2H,1,3-10H2,(H,16,17)(H2,14,15,18). The number of thioether (sulfide) groups is 1. The summed E-state index contributed by atoms with van der Waals surface area (Å²) in [6.45, 7) is 4.68. The van der Waals surface area contributed by atoms with Gasteiger partial charge in [-0.3, -0.25) is 4.79 Å². The van der Waals surface area contributed by atoms with Gasteiger partial charge in [-0.2, -0.15) is 11.8 Å². The number of rotatable bonds is 9. The molecule has 2 amide bonds. The molecule has 0 radical (unpaired) electrons. The van der Waals surface area contributed by atoms with E-state index in [9.17, 15) is 9.59 Å². The molecule has 0 bridgehead atoms. The maximum atomic E-state index is 11.5. The highest BCUT2D eigenvalue weighted by Gasteiger charge is 2.39. The molecule has 0 aliphatic heterocycles. The lowest BCUT2D eigenvalue weighted by atomic mass is 9.66. The Balaban J connectivity index is 2.14. The van der Waals surface area contributed by atoms with E-state index in [0.717, 1.165) is 30.8 Å². The number of carboxylic acid groups (broad SMARTS) is 1. The quantitative estimate of drug-likeness (QED) is 0.446. The van der Waals surface area contributed by atoms with Gasteiger partial charge in [-0.1, -0.05) is 12.5 Å². The minimum absolute atomic E-state index is 0.141. The highest BCUT2D eigenvalue weighted by molar-refractivity contribution is 7.99.